The third kappa shape index (κ3) is 3.50. The zero-order valence-electron chi connectivity index (χ0n) is 9.59. The fourth-order valence-electron chi connectivity index (χ4n) is 1.40. The lowest BCUT2D eigenvalue weighted by atomic mass is 10.1. The van der Waals surface area contributed by atoms with Crippen molar-refractivity contribution < 1.29 is 9.18 Å². The largest absolute Gasteiger partial charge is 0.354 e. The van der Waals surface area contributed by atoms with Crippen LogP contribution in [0.1, 0.15) is 25.0 Å². The maximum Gasteiger partial charge on any atom is 0.224 e. The van der Waals surface area contributed by atoms with Gasteiger partial charge in [-0.05, 0) is 37.1 Å². The Labute approximate surface area is 95.2 Å². The third-order valence-corrected chi connectivity index (χ3v) is 2.11. The van der Waals surface area contributed by atoms with Crippen molar-refractivity contribution in [1.29, 1.82) is 0 Å². The number of hydrogen-bond donors (Lipinski definition) is 1. The number of amides is 1. The van der Waals surface area contributed by atoms with Gasteiger partial charge in [0.05, 0.1) is 6.42 Å². The van der Waals surface area contributed by atoms with Gasteiger partial charge in [0.2, 0.25) is 5.91 Å². The topological polar surface area (TPSA) is 29.1 Å². The number of hydrogen-bond acceptors (Lipinski definition) is 1. The molecule has 1 aromatic carbocycles. The second-order valence-electron chi connectivity index (χ2n) is 3.95. The minimum Gasteiger partial charge on any atom is -0.354 e. The van der Waals surface area contributed by atoms with E-state index in [0.717, 1.165) is 5.56 Å². The monoisotopic (exact) mass is 221 g/mol. The molecule has 0 aliphatic rings. The van der Waals surface area contributed by atoms with Crippen LogP contribution in [0.5, 0.6) is 0 Å². The summed E-state index contributed by atoms with van der Waals surface area (Å²) in [5.74, 6) is -0.528. The number of carbonyl (C=O) groups is 1. The van der Waals surface area contributed by atoms with Gasteiger partial charge in [0, 0.05) is 6.04 Å². The number of halogens is 1. The van der Waals surface area contributed by atoms with Crippen molar-refractivity contribution >= 4 is 12.0 Å². The highest BCUT2D eigenvalue weighted by Crippen LogP contribution is 2.12. The Balaban J connectivity index is 2.79. The van der Waals surface area contributed by atoms with Crippen LogP contribution in [-0.4, -0.2) is 11.9 Å². The van der Waals surface area contributed by atoms with Crippen molar-refractivity contribution in [3.8, 4) is 0 Å². The SMILES string of the molecule is C=Cc1ccc(F)c(CC(=O)NC(C)C)c1. The Morgan fingerprint density at radius 2 is 2.25 bits per heavy atom. The predicted octanol–water partition coefficient (Wildman–Crippen LogP) is 2.54. The van der Waals surface area contributed by atoms with Crippen LogP contribution in [0, 0.1) is 5.82 Å². The Bertz CT molecular complexity index is 399. The molecule has 0 unspecified atom stereocenters. The van der Waals surface area contributed by atoms with Gasteiger partial charge in [-0.1, -0.05) is 18.7 Å². The van der Waals surface area contributed by atoms with E-state index >= 15 is 0 Å². The van der Waals surface area contributed by atoms with Crippen LogP contribution in [-0.2, 0) is 11.2 Å². The average molecular weight is 221 g/mol. The molecule has 1 amide bonds. The van der Waals surface area contributed by atoms with Gasteiger partial charge in [-0.2, -0.15) is 0 Å². The van der Waals surface area contributed by atoms with Gasteiger partial charge in [0.1, 0.15) is 5.82 Å². The second kappa shape index (κ2) is 5.45. The molecule has 1 N–H and O–H groups in total. The number of benzene rings is 1. The van der Waals surface area contributed by atoms with Gasteiger partial charge < -0.3 is 5.32 Å². The first-order valence-corrected chi connectivity index (χ1v) is 5.23. The lowest BCUT2D eigenvalue weighted by Crippen LogP contribution is -2.31. The molecule has 0 aliphatic carbocycles. The summed E-state index contributed by atoms with van der Waals surface area (Å²) in [6.45, 7) is 7.35. The lowest BCUT2D eigenvalue weighted by Gasteiger charge is -2.09. The molecule has 16 heavy (non-hydrogen) atoms. The minimum absolute atomic E-state index is 0.0612. The molecule has 0 saturated heterocycles. The van der Waals surface area contributed by atoms with E-state index < -0.39 is 0 Å². The van der Waals surface area contributed by atoms with Crippen molar-refractivity contribution in [2.45, 2.75) is 26.3 Å². The molecule has 86 valence electrons. The standard InChI is InChI=1S/C13H16FNO/c1-4-10-5-6-12(14)11(7-10)8-13(16)15-9(2)3/h4-7,9H,1,8H2,2-3H3,(H,15,16). The van der Waals surface area contributed by atoms with Crippen molar-refractivity contribution in [2.24, 2.45) is 0 Å². The molecule has 0 spiro atoms. The molecule has 0 heterocycles. The molecule has 0 atom stereocenters. The fourth-order valence-corrected chi connectivity index (χ4v) is 1.40. The predicted molar refractivity (Wildman–Crippen MR) is 63.5 cm³/mol. The Morgan fingerprint density at radius 3 is 2.81 bits per heavy atom. The summed E-state index contributed by atoms with van der Waals surface area (Å²) < 4.78 is 13.4. The number of rotatable bonds is 4. The number of nitrogens with one attached hydrogen (secondary N) is 1. The van der Waals surface area contributed by atoms with Gasteiger partial charge in [0.15, 0.2) is 0 Å². The quantitative estimate of drug-likeness (QED) is 0.831. The molecule has 0 aromatic heterocycles. The van der Waals surface area contributed by atoms with E-state index in [4.69, 9.17) is 0 Å². The second-order valence-corrected chi connectivity index (χ2v) is 3.95. The third-order valence-electron chi connectivity index (χ3n) is 2.11. The summed E-state index contributed by atoms with van der Waals surface area (Å²) in [5, 5.41) is 2.72. The van der Waals surface area contributed by atoms with Crippen molar-refractivity contribution in [3.05, 3.63) is 41.7 Å². The van der Waals surface area contributed by atoms with Crippen LogP contribution in [0.2, 0.25) is 0 Å². The smallest absolute Gasteiger partial charge is 0.224 e. The van der Waals surface area contributed by atoms with Gasteiger partial charge in [-0.25, -0.2) is 4.39 Å². The summed E-state index contributed by atoms with van der Waals surface area (Å²) in [6, 6.07) is 4.70. The minimum atomic E-state index is -0.357. The molecule has 0 aliphatic heterocycles. The molecule has 1 rings (SSSR count). The van der Waals surface area contributed by atoms with Crippen molar-refractivity contribution in [3.63, 3.8) is 0 Å². The van der Waals surface area contributed by atoms with E-state index in [0.29, 0.717) is 5.56 Å². The summed E-state index contributed by atoms with van der Waals surface area (Å²) >= 11 is 0. The normalized spacial score (nSPS) is 10.2. The first-order valence-electron chi connectivity index (χ1n) is 5.23. The molecule has 2 nitrogen and oxygen atoms in total. The molecule has 0 fully saturated rings. The summed E-state index contributed by atoms with van der Waals surface area (Å²) in [4.78, 5) is 11.5. The summed E-state index contributed by atoms with van der Waals surface area (Å²) in [7, 11) is 0. The highest BCUT2D eigenvalue weighted by atomic mass is 19.1. The van der Waals surface area contributed by atoms with Crippen LogP contribution in [0.15, 0.2) is 24.8 Å². The number of carbonyl (C=O) groups excluding carboxylic acids is 1. The first kappa shape index (κ1) is 12.4. The van der Waals surface area contributed by atoms with Crippen LogP contribution in [0.4, 0.5) is 4.39 Å². The van der Waals surface area contributed by atoms with Gasteiger partial charge >= 0.3 is 0 Å². The highest BCUT2D eigenvalue weighted by molar-refractivity contribution is 5.79. The molecular weight excluding hydrogens is 205 g/mol. The molecule has 0 saturated carbocycles. The maximum atomic E-state index is 13.4. The Kier molecular flexibility index (Phi) is 4.23. The van der Waals surface area contributed by atoms with E-state index in [1.807, 2.05) is 13.8 Å². The summed E-state index contributed by atoms with van der Waals surface area (Å²) in [6.07, 6.45) is 1.69. The van der Waals surface area contributed by atoms with E-state index in [1.165, 1.54) is 6.07 Å². The molecular formula is C13H16FNO. The molecule has 3 heteroatoms. The maximum absolute atomic E-state index is 13.4. The van der Waals surface area contributed by atoms with Crippen LogP contribution in [0.25, 0.3) is 6.08 Å². The Morgan fingerprint density at radius 1 is 1.56 bits per heavy atom. The zero-order chi connectivity index (χ0) is 12.1. The first-order chi connectivity index (χ1) is 7.52. The summed E-state index contributed by atoms with van der Waals surface area (Å²) in [5.41, 5.74) is 1.21. The van der Waals surface area contributed by atoms with E-state index in [2.05, 4.69) is 11.9 Å². The van der Waals surface area contributed by atoms with E-state index in [9.17, 15) is 9.18 Å². The fraction of sp³-hybridized carbons (Fsp3) is 0.308. The molecule has 0 bridgehead atoms. The van der Waals surface area contributed by atoms with Crippen LogP contribution in [0.3, 0.4) is 0 Å². The van der Waals surface area contributed by atoms with Gasteiger partial charge in [-0.15, -0.1) is 0 Å². The molecule has 0 radical (unpaired) electrons. The van der Waals surface area contributed by atoms with Crippen LogP contribution < -0.4 is 5.32 Å². The van der Waals surface area contributed by atoms with Gasteiger partial charge in [-0.3, -0.25) is 4.79 Å². The highest BCUT2D eigenvalue weighted by Gasteiger charge is 2.09. The molecule has 1 aromatic rings. The Hall–Kier alpha value is -1.64. The van der Waals surface area contributed by atoms with Gasteiger partial charge in [0.25, 0.3) is 0 Å². The van der Waals surface area contributed by atoms with Crippen molar-refractivity contribution in [2.75, 3.05) is 0 Å². The van der Waals surface area contributed by atoms with Crippen LogP contribution >= 0.6 is 0 Å². The zero-order valence-corrected chi connectivity index (χ0v) is 9.59. The van der Waals surface area contributed by atoms with E-state index in [-0.39, 0.29) is 24.2 Å². The average Bonchev–Trinajstić information content (AvgIpc) is 2.20. The van der Waals surface area contributed by atoms with E-state index in [1.54, 1.807) is 18.2 Å². The lowest BCUT2D eigenvalue weighted by molar-refractivity contribution is -0.120. The van der Waals surface area contributed by atoms with Crippen molar-refractivity contribution in [1.82, 2.24) is 5.32 Å².